The molecule has 0 saturated carbocycles. The fraction of sp³-hybridized carbons (Fsp3) is 0.934. The van der Waals surface area contributed by atoms with Gasteiger partial charge in [0.2, 0.25) is 0 Å². The van der Waals surface area contributed by atoms with Crippen LogP contribution in [0.5, 0.6) is 0 Å². The standard InChI is InChI=1S/C76H146O6/c1-4-7-10-13-16-19-22-25-28-31-33-34-35-36-37-38-39-40-41-43-45-48-51-54-57-60-63-66-69-75(78)81-72-73(71-80-74(77)68-65-62-59-56-53-50-47-44-30-27-24-21-18-15-12-9-6-3)82-76(79)70-67-64-61-58-55-52-49-46-42-32-29-26-23-20-17-14-11-8-5-2/h26,29,73H,4-25,27-28,30-72H2,1-3H3/b29-26-. The largest absolute Gasteiger partial charge is 0.462 e. The number of carbonyl (C=O) groups is 3. The first-order valence-electron chi connectivity index (χ1n) is 37.7. The molecule has 0 aliphatic rings. The monoisotopic (exact) mass is 1160 g/mol. The van der Waals surface area contributed by atoms with Gasteiger partial charge in [0.05, 0.1) is 0 Å². The van der Waals surface area contributed by atoms with Gasteiger partial charge in [0.25, 0.3) is 0 Å². The van der Waals surface area contributed by atoms with Crippen molar-refractivity contribution >= 4 is 17.9 Å². The minimum absolute atomic E-state index is 0.0635. The number of allylic oxidation sites excluding steroid dienone is 2. The van der Waals surface area contributed by atoms with Gasteiger partial charge in [0, 0.05) is 19.3 Å². The zero-order valence-corrected chi connectivity index (χ0v) is 56.1. The Morgan fingerprint density at radius 2 is 0.402 bits per heavy atom. The molecule has 6 nitrogen and oxygen atoms in total. The molecule has 0 N–H and O–H groups in total. The maximum absolute atomic E-state index is 13.0. The van der Waals surface area contributed by atoms with Crippen LogP contribution in [0.3, 0.4) is 0 Å². The molecule has 0 fully saturated rings. The maximum atomic E-state index is 13.0. The number of ether oxygens (including phenoxy) is 3. The summed E-state index contributed by atoms with van der Waals surface area (Å²) in [7, 11) is 0. The maximum Gasteiger partial charge on any atom is 0.306 e. The number of hydrogen-bond donors (Lipinski definition) is 0. The Kier molecular flexibility index (Phi) is 70.0. The molecule has 0 aliphatic heterocycles. The van der Waals surface area contributed by atoms with Crippen LogP contribution in [0.15, 0.2) is 12.2 Å². The van der Waals surface area contributed by atoms with Crippen molar-refractivity contribution in [3.8, 4) is 0 Å². The van der Waals surface area contributed by atoms with Crippen molar-refractivity contribution in [1.82, 2.24) is 0 Å². The van der Waals surface area contributed by atoms with E-state index in [1.54, 1.807) is 0 Å². The Morgan fingerprint density at radius 1 is 0.232 bits per heavy atom. The molecule has 0 aromatic heterocycles. The predicted molar refractivity (Wildman–Crippen MR) is 358 cm³/mol. The quantitative estimate of drug-likeness (QED) is 0.0261. The minimum atomic E-state index is -0.768. The van der Waals surface area contributed by atoms with Crippen LogP contribution in [0, 0.1) is 0 Å². The van der Waals surface area contributed by atoms with Crippen LogP contribution < -0.4 is 0 Å². The number of rotatable bonds is 71. The summed E-state index contributed by atoms with van der Waals surface area (Å²) < 4.78 is 17.0. The van der Waals surface area contributed by atoms with Crippen molar-refractivity contribution in [2.24, 2.45) is 0 Å². The molecule has 1 atom stereocenters. The lowest BCUT2D eigenvalue weighted by Crippen LogP contribution is -2.30. The van der Waals surface area contributed by atoms with Crippen molar-refractivity contribution in [2.45, 2.75) is 444 Å². The van der Waals surface area contributed by atoms with Crippen molar-refractivity contribution < 1.29 is 28.6 Å². The van der Waals surface area contributed by atoms with Crippen LogP contribution in [-0.4, -0.2) is 37.2 Å². The fourth-order valence-electron chi connectivity index (χ4n) is 11.9. The normalized spacial score (nSPS) is 12.0. The van der Waals surface area contributed by atoms with Gasteiger partial charge >= 0.3 is 17.9 Å². The average molecular weight is 1160 g/mol. The molecular weight excluding hydrogens is 1010 g/mol. The third kappa shape index (κ3) is 68.9. The lowest BCUT2D eigenvalue weighted by atomic mass is 10.0. The van der Waals surface area contributed by atoms with Gasteiger partial charge in [-0.1, -0.05) is 386 Å². The molecule has 486 valence electrons. The Morgan fingerprint density at radius 3 is 0.610 bits per heavy atom. The zero-order chi connectivity index (χ0) is 59.2. The predicted octanol–water partition coefficient (Wildman–Crippen LogP) is 26.0. The van der Waals surface area contributed by atoms with Crippen molar-refractivity contribution in [1.29, 1.82) is 0 Å². The zero-order valence-electron chi connectivity index (χ0n) is 56.1. The highest BCUT2D eigenvalue weighted by molar-refractivity contribution is 5.71. The second kappa shape index (κ2) is 71.6. The first kappa shape index (κ1) is 80.2. The van der Waals surface area contributed by atoms with E-state index in [0.717, 1.165) is 57.8 Å². The van der Waals surface area contributed by atoms with Gasteiger partial charge in [-0.2, -0.15) is 0 Å². The summed E-state index contributed by atoms with van der Waals surface area (Å²) in [5.41, 5.74) is 0. The molecule has 0 bridgehead atoms. The van der Waals surface area contributed by atoms with Crippen molar-refractivity contribution in [3.05, 3.63) is 12.2 Å². The summed E-state index contributed by atoms with van der Waals surface area (Å²) in [6, 6.07) is 0. The van der Waals surface area contributed by atoms with Crippen molar-refractivity contribution in [3.63, 3.8) is 0 Å². The Hall–Kier alpha value is -1.85. The Bertz CT molecular complexity index is 1280. The number of unbranched alkanes of at least 4 members (excludes halogenated alkanes) is 58. The second-order valence-electron chi connectivity index (χ2n) is 25.9. The van der Waals surface area contributed by atoms with Crippen LogP contribution in [-0.2, 0) is 28.6 Å². The molecule has 0 spiro atoms. The second-order valence-corrected chi connectivity index (χ2v) is 25.9. The van der Waals surface area contributed by atoms with Gasteiger partial charge in [-0.25, -0.2) is 0 Å². The molecule has 0 amide bonds. The molecule has 6 heteroatoms. The van der Waals surface area contributed by atoms with Gasteiger partial charge in [-0.15, -0.1) is 0 Å². The minimum Gasteiger partial charge on any atom is -0.462 e. The summed E-state index contributed by atoms with van der Waals surface area (Å²) in [6.07, 6.45) is 86.9. The van der Waals surface area contributed by atoms with E-state index in [1.165, 1.54) is 340 Å². The van der Waals surface area contributed by atoms with Crippen LogP contribution in [0.1, 0.15) is 438 Å². The third-order valence-electron chi connectivity index (χ3n) is 17.5. The number of esters is 3. The molecule has 0 aromatic carbocycles. The fourth-order valence-corrected chi connectivity index (χ4v) is 11.9. The van der Waals surface area contributed by atoms with Crippen LogP contribution in [0.25, 0.3) is 0 Å². The molecule has 0 saturated heterocycles. The van der Waals surface area contributed by atoms with E-state index in [9.17, 15) is 14.4 Å². The number of hydrogen-bond acceptors (Lipinski definition) is 6. The summed E-state index contributed by atoms with van der Waals surface area (Å²) in [6.45, 7) is 6.74. The molecular formula is C76H146O6. The topological polar surface area (TPSA) is 78.9 Å². The lowest BCUT2D eigenvalue weighted by molar-refractivity contribution is -0.167. The summed E-state index contributed by atoms with van der Waals surface area (Å²) in [4.78, 5) is 38.5. The van der Waals surface area contributed by atoms with Gasteiger partial charge in [-0.3, -0.25) is 14.4 Å². The first-order valence-corrected chi connectivity index (χ1v) is 37.7. The number of carbonyl (C=O) groups excluding carboxylic acids is 3. The van der Waals surface area contributed by atoms with Gasteiger partial charge in [-0.05, 0) is 44.9 Å². The van der Waals surface area contributed by atoms with Gasteiger partial charge < -0.3 is 14.2 Å². The molecule has 0 heterocycles. The van der Waals surface area contributed by atoms with Gasteiger partial charge in [0.15, 0.2) is 6.10 Å². The molecule has 0 radical (unpaired) electrons. The SMILES string of the molecule is CCCCCCCC/C=C\CCCCCCCCCCCC(=O)OC(COC(=O)CCCCCCCCCCCCCCCCCCC)COC(=O)CCCCCCCCCCCCCCCCCCCCCCCCCCCCCC. The first-order chi connectivity index (χ1) is 40.5. The highest BCUT2D eigenvalue weighted by atomic mass is 16.6. The third-order valence-corrected chi connectivity index (χ3v) is 17.5. The molecule has 0 aromatic rings. The molecule has 1 unspecified atom stereocenters. The van der Waals surface area contributed by atoms with E-state index in [-0.39, 0.29) is 31.1 Å². The summed E-state index contributed by atoms with van der Waals surface area (Å²) in [5.74, 6) is -0.826. The van der Waals surface area contributed by atoms with Crippen molar-refractivity contribution in [2.75, 3.05) is 13.2 Å². The van der Waals surface area contributed by atoms with E-state index in [4.69, 9.17) is 14.2 Å². The summed E-state index contributed by atoms with van der Waals surface area (Å²) in [5, 5.41) is 0. The van der Waals surface area contributed by atoms with Crippen LogP contribution in [0.4, 0.5) is 0 Å². The smallest absolute Gasteiger partial charge is 0.306 e. The molecule has 0 rings (SSSR count). The highest BCUT2D eigenvalue weighted by Crippen LogP contribution is 2.20. The van der Waals surface area contributed by atoms with Gasteiger partial charge in [0.1, 0.15) is 13.2 Å². The lowest BCUT2D eigenvalue weighted by Gasteiger charge is -2.18. The Labute approximate surface area is 513 Å². The summed E-state index contributed by atoms with van der Waals surface area (Å²) >= 11 is 0. The highest BCUT2D eigenvalue weighted by Gasteiger charge is 2.20. The van der Waals surface area contributed by atoms with E-state index >= 15 is 0 Å². The average Bonchev–Trinajstić information content (AvgIpc) is 3.47. The van der Waals surface area contributed by atoms with E-state index < -0.39 is 6.10 Å². The van der Waals surface area contributed by atoms with Crippen LogP contribution >= 0.6 is 0 Å². The molecule has 0 aliphatic carbocycles. The Balaban J connectivity index is 4.21. The van der Waals surface area contributed by atoms with E-state index in [0.29, 0.717) is 19.3 Å². The molecule has 82 heavy (non-hydrogen) atoms. The van der Waals surface area contributed by atoms with Crippen LogP contribution in [0.2, 0.25) is 0 Å². The van der Waals surface area contributed by atoms with E-state index in [1.807, 2.05) is 0 Å². The van der Waals surface area contributed by atoms with E-state index in [2.05, 4.69) is 32.9 Å².